The second-order valence-electron chi connectivity index (χ2n) is 11.1. The van der Waals surface area contributed by atoms with Crippen LogP contribution in [-0.2, 0) is 11.3 Å². The summed E-state index contributed by atoms with van der Waals surface area (Å²) in [5.41, 5.74) is 7.43. The summed E-state index contributed by atoms with van der Waals surface area (Å²) in [6.45, 7) is 8.12. The lowest BCUT2D eigenvalue weighted by atomic mass is 9.78. The van der Waals surface area contributed by atoms with E-state index < -0.39 is 0 Å². The van der Waals surface area contributed by atoms with Crippen LogP contribution in [0.3, 0.4) is 0 Å². The van der Waals surface area contributed by atoms with Crippen LogP contribution >= 0.6 is 0 Å². The van der Waals surface area contributed by atoms with Gasteiger partial charge >= 0.3 is 0 Å². The molecule has 0 aromatic heterocycles. The summed E-state index contributed by atoms with van der Waals surface area (Å²) in [5, 5.41) is 6.86. The topological polar surface area (TPSA) is 50.4 Å². The van der Waals surface area contributed by atoms with Crippen molar-refractivity contribution in [1.82, 2.24) is 5.32 Å². The minimum absolute atomic E-state index is 0.0769. The first-order chi connectivity index (χ1) is 17.9. The number of carbonyl (C=O) groups is 1. The zero-order chi connectivity index (χ0) is 25.8. The van der Waals surface area contributed by atoms with E-state index in [4.69, 9.17) is 4.74 Å². The number of nitrogens with one attached hydrogen (secondary N) is 2. The molecule has 0 atom stereocenters. The molecule has 1 amide bonds. The third-order valence-corrected chi connectivity index (χ3v) is 7.95. The Balaban J connectivity index is 1.24. The van der Waals surface area contributed by atoms with E-state index in [1.54, 1.807) is 0 Å². The highest BCUT2D eigenvalue weighted by atomic mass is 16.5. The number of ether oxygens (including phenoxy) is 1. The fourth-order valence-electron chi connectivity index (χ4n) is 5.24. The summed E-state index contributed by atoms with van der Waals surface area (Å²) in [7, 11) is 0. The Morgan fingerprint density at radius 3 is 2.41 bits per heavy atom. The van der Waals surface area contributed by atoms with Gasteiger partial charge in [0, 0.05) is 35.3 Å². The summed E-state index contributed by atoms with van der Waals surface area (Å²) in [6, 6.07) is 22.9. The first-order valence-electron chi connectivity index (χ1n) is 13.6. The number of anilines is 1. The molecular weight excluding hydrogens is 456 g/mol. The molecule has 0 spiro atoms. The van der Waals surface area contributed by atoms with Gasteiger partial charge in [0.2, 0.25) is 0 Å². The number of aryl methyl sites for hydroxylation is 1. The van der Waals surface area contributed by atoms with Crippen LogP contribution in [0.5, 0.6) is 5.75 Å². The molecule has 2 aliphatic rings. The number of fused-ring (bicyclic) bond motifs is 1. The highest BCUT2D eigenvalue weighted by Crippen LogP contribution is 2.33. The third kappa shape index (κ3) is 6.31. The molecule has 3 aromatic rings. The molecule has 1 heterocycles. The van der Waals surface area contributed by atoms with Crippen molar-refractivity contribution in [2.75, 3.05) is 11.9 Å². The molecule has 0 bridgehead atoms. The van der Waals surface area contributed by atoms with Crippen LogP contribution in [0.15, 0.2) is 72.3 Å². The molecule has 192 valence electrons. The van der Waals surface area contributed by atoms with Crippen LogP contribution in [0.1, 0.15) is 62.6 Å². The molecular formula is C33H38N2O2. The lowest BCUT2D eigenvalue weighted by Crippen LogP contribution is -2.44. The van der Waals surface area contributed by atoms with E-state index in [-0.39, 0.29) is 11.4 Å². The molecule has 4 heteroatoms. The van der Waals surface area contributed by atoms with Gasteiger partial charge in [0.1, 0.15) is 5.75 Å². The van der Waals surface area contributed by atoms with Gasteiger partial charge in [-0.25, -0.2) is 0 Å². The zero-order valence-electron chi connectivity index (χ0n) is 22.3. The molecule has 0 saturated heterocycles. The van der Waals surface area contributed by atoms with E-state index in [0.29, 0.717) is 13.0 Å². The second kappa shape index (κ2) is 10.9. The molecule has 4 nitrogen and oxygen atoms in total. The summed E-state index contributed by atoms with van der Waals surface area (Å²) < 4.78 is 5.96. The average molecular weight is 495 g/mol. The molecule has 5 rings (SSSR count). The normalized spacial score (nSPS) is 21.3. The Labute approximate surface area is 221 Å². The smallest absolute Gasteiger partial charge is 0.251 e. The highest BCUT2D eigenvalue weighted by Gasteiger charge is 2.28. The number of benzene rings is 3. The Hall–Kier alpha value is -3.37. The highest BCUT2D eigenvalue weighted by molar-refractivity contribution is 6.07. The molecule has 1 fully saturated rings. The van der Waals surface area contributed by atoms with E-state index in [2.05, 4.69) is 79.9 Å². The Morgan fingerprint density at radius 1 is 0.973 bits per heavy atom. The van der Waals surface area contributed by atoms with Crippen molar-refractivity contribution in [3.63, 3.8) is 0 Å². The molecule has 1 aliphatic heterocycles. The minimum Gasteiger partial charge on any atom is -0.493 e. The van der Waals surface area contributed by atoms with Crippen molar-refractivity contribution in [3.8, 4) is 16.9 Å². The van der Waals surface area contributed by atoms with Crippen LogP contribution in [0.4, 0.5) is 5.69 Å². The minimum atomic E-state index is -0.0769. The van der Waals surface area contributed by atoms with Gasteiger partial charge in [-0.15, -0.1) is 0 Å². The SMILES string of the molecule is Cc1ccc(-c2ccc3c(c2)C=C(C(=O)Nc2ccc(CNC4(C)CCC(C)CC4)cc2)CCO3)cc1. The molecule has 0 radical (unpaired) electrons. The number of rotatable bonds is 6. The summed E-state index contributed by atoms with van der Waals surface area (Å²) in [4.78, 5) is 13.2. The molecule has 3 aromatic carbocycles. The van der Waals surface area contributed by atoms with Gasteiger partial charge in [0.15, 0.2) is 0 Å². The van der Waals surface area contributed by atoms with E-state index in [1.807, 2.05) is 24.3 Å². The van der Waals surface area contributed by atoms with Crippen molar-refractivity contribution >= 4 is 17.7 Å². The first kappa shape index (κ1) is 25.3. The van der Waals surface area contributed by atoms with Gasteiger partial charge in [-0.3, -0.25) is 4.79 Å². The van der Waals surface area contributed by atoms with Gasteiger partial charge in [-0.1, -0.05) is 55.0 Å². The van der Waals surface area contributed by atoms with E-state index in [0.717, 1.165) is 46.2 Å². The van der Waals surface area contributed by atoms with Gasteiger partial charge < -0.3 is 15.4 Å². The van der Waals surface area contributed by atoms with Crippen LogP contribution < -0.4 is 15.4 Å². The second-order valence-corrected chi connectivity index (χ2v) is 11.1. The average Bonchev–Trinajstić information content (AvgIpc) is 3.13. The largest absolute Gasteiger partial charge is 0.493 e. The van der Waals surface area contributed by atoms with Crippen molar-refractivity contribution in [3.05, 3.63) is 89.0 Å². The Morgan fingerprint density at radius 2 is 1.68 bits per heavy atom. The van der Waals surface area contributed by atoms with Crippen molar-refractivity contribution < 1.29 is 9.53 Å². The van der Waals surface area contributed by atoms with Crippen molar-refractivity contribution in [1.29, 1.82) is 0 Å². The maximum absolute atomic E-state index is 13.2. The maximum atomic E-state index is 13.2. The lowest BCUT2D eigenvalue weighted by molar-refractivity contribution is -0.113. The first-order valence-corrected chi connectivity index (χ1v) is 13.6. The molecule has 1 saturated carbocycles. The van der Waals surface area contributed by atoms with Crippen LogP contribution in [0.25, 0.3) is 17.2 Å². The molecule has 0 unspecified atom stereocenters. The van der Waals surface area contributed by atoms with Crippen LogP contribution in [-0.4, -0.2) is 18.1 Å². The van der Waals surface area contributed by atoms with Gasteiger partial charge in [0.25, 0.3) is 5.91 Å². The Bertz CT molecular complexity index is 1270. The van der Waals surface area contributed by atoms with Crippen molar-refractivity contribution in [2.45, 2.75) is 65.0 Å². The molecule has 1 aliphatic carbocycles. The summed E-state index contributed by atoms with van der Waals surface area (Å²) in [6.07, 6.45) is 7.60. The predicted octanol–water partition coefficient (Wildman–Crippen LogP) is 7.53. The third-order valence-electron chi connectivity index (χ3n) is 7.95. The predicted molar refractivity (Wildman–Crippen MR) is 153 cm³/mol. The number of hydrogen-bond donors (Lipinski definition) is 2. The Kier molecular flexibility index (Phi) is 7.48. The fourth-order valence-corrected chi connectivity index (χ4v) is 5.24. The summed E-state index contributed by atoms with van der Waals surface area (Å²) >= 11 is 0. The van der Waals surface area contributed by atoms with Crippen LogP contribution in [0, 0.1) is 12.8 Å². The number of carbonyl (C=O) groups excluding carboxylic acids is 1. The van der Waals surface area contributed by atoms with Crippen molar-refractivity contribution in [2.24, 2.45) is 5.92 Å². The van der Waals surface area contributed by atoms with Gasteiger partial charge in [0.05, 0.1) is 6.61 Å². The molecule has 37 heavy (non-hydrogen) atoms. The molecule has 2 N–H and O–H groups in total. The number of amides is 1. The standard InChI is InChI=1S/C33H38N2O2/c1-23-4-8-26(9-5-23)27-10-13-31-29(20-27)21-28(16-19-37-31)32(36)35-30-11-6-25(7-12-30)22-34-33(3)17-14-24(2)15-18-33/h4-13,20-21,24,34H,14-19,22H2,1-3H3,(H,35,36). The van der Waals surface area contributed by atoms with E-state index in [9.17, 15) is 4.79 Å². The zero-order valence-corrected chi connectivity index (χ0v) is 22.3. The number of hydrogen-bond acceptors (Lipinski definition) is 3. The summed E-state index contributed by atoms with van der Waals surface area (Å²) in [5.74, 6) is 1.58. The van der Waals surface area contributed by atoms with Gasteiger partial charge in [-0.2, -0.15) is 0 Å². The van der Waals surface area contributed by atoms with E-state index >= 15 is 0 Å². The quantitative estimate of drug-likeness (QED) is 0.372. The fraction of sp³-hybridized carbons (Fsp3) is 0.364. The lowest BCUT2D eigenvalue weighted by Gasteiger charge is -2.37. The van der Waals surface area contributed by atoms with E-state index in [1.165, 1.54) is 36.8 Å². The van der Waals surface area contributed by atoms with Crippen LogP contribution in [0.2, 0.25) is 0 Å². The monoisotopic (exact) mass is 494 g/mol. The van der Waals surface area contributed by atoms with Gasteiger partial charge in [-0.05, 0) is 92.5 Å². The maximum Gasteiger partial charge on any atom is 0.251 e.